The molecule has 11 heteroatoms. The molecule has 0 radical (unpaired) electrons. The Morgan fingerprint density at radius 2 is 1.69 bits per heavy atom. The van der Waals surface area contributed by atoms with E-state index in [1.807, 2.05) is 13.0 Å². The van der Waals surface area contributed by atoms with Crippen LogP contribution in [0, 0.1) is 17.2 Å². The van der Waals surface area contributed by atoms with E-state index in [4.69, 9.17) is 5.26 Å². The van der Waals surface area contributed by atoms with Crippen molar-refractivity contribution in [2.45, 2.75) is 56.5 Å². The summed E-state index contributed by atoms with van der Waals surface area (Å²) >= 11 is 0. The van der Waals surface area contributed by atoms with Gasteiger partial charge in [-0.1, -0.05) is 6.07 Å². The van der Waals surface area contributed by atoms with Crippen molar-refractivity contribution in [3.63, 3.8) is 0 Å². The Morgan fingerprint density at radius 1 is 1.09 bits per heavy atom. The zero-order valence-corrected chi connectivity index (χ0v) is 18.7. The molecule has 2 aromatic rings. The molecule has 1 aromatic carbocycles. The van der Waals surface area contributed by atoms with Gasteiger partial charge in [0.25, 0.3) is 5.91 Å². The number of rotatable bonds is 4. The predicted molar refractivity (Wildman–Crippen MR) is 114 cm³/mol. The maximum absolute atomic E-state index is 13.1. The normalized spacial score (nSPS) is 24.6. The Bertz CT molecular complexity index is 1130. The van der Waals surface area contributed by atoms with E-state index in [1.54, 1.807) is 23.1 Å². The average Bonchev–Trinajstić information content (AvgIpc) is 3.59. The lowest BCUT2D eigenvalue weighted by Gasteiger charge is -2.38. The lowest BCUT2D eigenvalue weighted by Crippen LogP contribution is -2.48. The molecule has 1 aromatic heterocycles. The minimum Gasteiger partial charge on any atom is -0.364 e. The van der Waals surface area contributed by atoms with E-state index in [0.717, 1.165) is 0 Å². The molecule has 1 unspecified atom stereocenters. The molecule has 1 aliphatic carbocycles. The van der Waals surface area contributed by atoms with Crippen LogP contribution in [0.2, 0.25) is 0 Å². The van der Waals surface area contributed by atoms with Crippen molar-refractivity contribution in [3.8, 4) is 6.07 Å². The van der Waals surface area contributed by atoms with Gasteiger partial charge in [-0.05, 0) is 68.9 Å². The number of carbonyl (C=O) groups excluding carboxylic acids is 1. The number of hydrogen-bond donors (Lipinski definition) is 1. The van der Waals surface area contributed by atoms with Gasteiger partial charge in [0.2, 0.25) is 0 Å². The van der Waals surface area contributed by atoms with E-state index in [-0.39, 0.29) is 23.6 Å². The zero-order valence-electron chi connectivity index (χ0n) is 18.7. The van der Waals surface area contributed by atoms with Crippen LogP contribution in [0.4, 0.5) is 32.0 Å². The van der Waals surface area contributed by atoms with E-state index in [2.05, 4.69) is 10.3 Å². The highest BCUT2D eigenvalue weighted by Gasteiger charge is 2.46. The van der Waals surface area contributed by atoms with Gasteiger partial charge in [-0.25, -0.2) is 4.98 Å². The maximum Gasteiger partial charge on any atom is 0.433 e. The van der Waals surface area contributed by atoms with Crippen molar-refractivity contribution in [1.29, 1.82) is 5.26 Å². The van der Waals surface area contributed by atoms with Gasteiger partial charge >= 0.3 is 12.4 Å². The summed E-state index contributed by atoms with van der Waals surface area (Å²) in [6, 6.07) is 9.51. The Labute approximate surface area is 197 Å². The number of aromatic nitrogens is 1. The third-order valence-electron chi connectivity index (χ3n) is 6.72. The Balaban J connectivity index is 1.41. The number of nitrogens with one attached hydrogen (secondary N) is 1. The molecule has 0 bridgehead atoms. The third-order valence-corrected chi connectivity index (χ3v) is 6.72. The van der Waals surface area contributed by atoms with Crippen molar-refractivity contribution in [3.05, 3.63) is 58.9 Å². The Kier molecular flexibility index (Phi) is 6.19. The molecule has 1 atom stereocenters. The van der Waals surface area contributed by atoms with Crippen LogP contribution in [-0.2, 0) is 12.4 Å². The largest absolute Gasteiger partial charge is 0.433 e. The fourth-order valence-electron chi connectivity index (χ4n) is 4.69. The van der Waals surface area contributed by atoms with Crippen LogP contribution in [0.25, 0.3) is 0 Å². The van der Waals surface area contributed by atoms with Gasteiger partial charge in [-0.2, -0.15) is 31.6 Å². The summed E-state index contributed by atoms with van der Waals surface area (Å²) in [6.07, 6.45) is -7.41. The van der Waals surface area contributed by atoms with Crippen molar-refractivity contribution < 1.29 is 31.1 Å². The summed E-state index contributed by atoms with van der Waals surface area (Å²) in [4.78, 5) is 17.0. The number of halogens is 6. The second-order valence-corrected chi connectivity index (χ2v) is 9.36. The first-order valence-electron chi connectivity index (χ1n) is 11.0. The molecule has 1 amide bonds. The average molecular weight is 496 g/mol. The molecule has 4 rings (SSSR count). The van der Waals surface area contributed by atoms with Crippen LogP contribution in [0.15, 0.2) is 36.4 Å². The van der Waals surface area contributed by atoms with Crippen molar-refractivity contribution in [2.75, 3.05) is 11.4 Å². The van der Waals surface area contributed by atoms with Gasteiger partial charge in [0.1, 0.15) is 11.4 Å². The minimum absolute atomic E-state index is 0.0822. The molecular weight excluding hydrogens is 474 g/mol. The monoisotopic (exact) mass is 496 g/mol. The van der Waals surface area contributed by atoms with Gasteiger partial charge in [0.15, 0.2) is 0 Å². The van der Waals surface area contributed by atoms with Crippen LogP contribution in [0.3, 0.4) is 0 Å². The summed E-state index contributed by atoms with van der Waals surface area (Å²) in [5.41, 5.74) is -3.01. The van der Waals surface area contributed by atoms with Crippen LogP contribution < -0.4 is 10.2 Å². The van der Waals surface area contributed by atoms with Crippen LogP contribution in [0.1, 0.15) is 59.9 Å². The van der Waals surface area contributed by atoms with Gasteiger partial charge in [-0.15, -0.1) is 0 Å². The maximum atomic E-state index is 13.1. The van der Waals surface area contributed by atoms with Crippen LogP contribution in [0.5, 0.6) is 0 Å². The van der Waals surface area contributed by atoms with E-state index >= 15 is 0 Å². The van der Waals surface area contributed by atoms with Crippen molar-refractivity contribution in [1.82, 2.24) is 10.3 Å². The van der Waals surface area contributed by atoms with Gasteiger partial charge in [0, 0.05) is 29.4 Å². The second-order valence-electron chi connectivity index (χ2n) is 9.36. The molecule has 2 fully saturated rings. The van der Waals surface area contributed by atoms with Gasteiger partial charge in [-0.3, -0.25) is 4.79 Å². The molecule has 5 nitrogen and oxygen atoms in total. The fourth-order valence-corrected chi connectivity index (χ4v) is 4.69. The number of hydrogen-bond acceptors (Lipinski definition) is 4. The highest BCUT2D eigenvalue weighted by Crippen LogP contribution is 2.44. The lowest BCUT2D eigenvalue weighted by molar-refractivity contribution is -0.150. The first-order valence-corrected chi connectivity index (χ1v) is 11.0. The molecule has 1 saturated carbocycles. The second kappa shape index (κ2) is 8.73. The Hall–Kier alpha value is -3.29. The summed E-state index contributed by atoms with van der Waals surface area (Å²) in [6.45, 7) is 2.28. The van der Waals surface area contributed by atoms with E-state index in [1.165, 1.54) is 6.07 Å². The number of carbonyl (C=O) groups is 1. The summed E-state index contributed by atoms with van der Waals surface area (Å²) in [7, 11) is 0. The van der Waals surface area contributed by atoms with Gasteiger partial charge in [0.05, 0.1) is 11.6 Å². The topological polar surface area (TPSA) is 68.8 Å². The number of nitriles is 1. The molecule has 186 valence electrons. The molecule has 2 aliphatic rings. The molecule has 0 spiro atoms. The number of anilines is 1. The first-order chi connectivity index (χ1) is 16.3. The zero-order chi connectivity index (χ0) is 25.6. The number of benzene rings is 1. The standard InChI is InChI=1S/C24H22F6N4O/c1-22(33-21(35)16-4-2-3-14(9-16)12-31)7-5-15(6-8-22)18-13-34(18)17-10-19(23(25,26)27)32-20(11-17)24(28,29)30/h2-4,9-11,15,18H,5-8,13H2,1H3,(H,33,35)/t15-,18?,22-,34?. The van der Waals surface area contributed by atoms with E-state index < -0.39 is 29.3 Å². The molecule has 1 aliphatic heterocycles. The number of alkyl halides is 6. The quantitative estimate of drug-likeness (QED) is 0.445. The number of nitrogens with zero attached hydrogens (tertiary/aromatic N) is 3. The van der Waals surface area contributed by atoms with Crippen LogP contribution >= 0.6 is 0 Å². The molecule has 35 heavy (non-hydrogen) atoms. The fraction of sp³-hybridized carbons (Fsp3) is 0.458. The summed E-state index contributed by atoms with van der Waals surface area (Å²) in [5.74, 6) is -0.217. The van der Waals surface area contributed by atoms with Crippen molar-refractivity contribution in [2.24, 2.45) is 5.92 Å². The molecule has 1 N–H and O–H groups in total. The highest BCUT2D eigenvalue weighted by molar-refractivity contribution is 5.95. The molecular formula is C24H22F6N4O. The van der Waals surface area contributed by atoms with E-state index in [9.17, 15) is 31.1 Å². The predicted octanol–water partition coefficient (Wildman–Crippen LogP) is 5.56. The van der Waals surface area contributed by atoms with Gasteiger partial charge < -0.3 is 10.2 Å². The SMILES string of the molecule is C[C@]1(NC(=O)c2cccc(C#N)c2)CC[C@H](C2CN2c2cc(C(F)(F)F)nc(C(F)(F)F)c2)CC1. The molecule has 2 heterocycles. The Morgan fingerprint density at radius 3 is 2.23 bits per heavy atom. The third kappa shape index (κ3) is 5.52. The first kappa shape index (κ1) is 24.8. The highest BCUT2D eigenvalue weighted by atomic mass is 19.4. The smallest absolute Gasteiger partial charge is 0.364 e. The minimum atomic E-state index is -4.99. The number of pyridine rings is 1. The summed E-state index contributed by atoms with van der Waals surface area (Å²) < 4.78 is 78.8. The van der Waals surface area contributed by atoms with E-state index in [0.29, 0.717) is 55.5 Å². The number of amides is 1. The molecule has 1 saturated heterocycles. The van der Waals surface area contributed by atoms with Crippen molar-refractivity contribution >= 4 is 11.6 Å². The summed E-state index contributed by atoms with van der Waals surface area (Å²) in [5, 5.41) is 12.0. The lowest BCUT2D eigenvalue weighted by atomic mass is 9.76. The van der Waals surface area contributed by atoms with Crippen LogP contribution in [-0.4, -0.2) is 29.0 Å².